The van der Waals surface area contributed by atoms with Gasteiger partial charge in [-0.15, -0.1) is 9.97 Å². The van der Waals surface area contributed by atoms with Gasteiger partial charge >= 0.3 is 24.0 Å². The van der Waals surface area contributed by atoms with Crippen LogP contribution in [0.5, 0.6) is 24.0 Å². The summed E-state index contributed by atoms with van der Waals surface area (Å²) in [5.74, 6) is 3.02. The van der Waals surface area contributed by atoms with Gasteiger partial charge in [-0.2, -0.15) is 31.7 Å². The Morgan fingerprint density at radius 1 is 0.441 bits per heavy atom. The second-order valence-electron chi connectivity index (χ2n) is 16.5. The van der Waals surface area contributed by atoms with Crippen molar-refractivity contribution in [3.8, 4) is 24.0 Å². The zero-order valence-corrected chi connectivity index (χ0v) is 39.7. The van der Waals surface area contributed by atoms with Crippen molar-refractivity contribution in [2.45, 2.75) is 194 Å². The first-order chi connectivity index (χ1) is 28.5. The smallest absolute Gasteiger partial charge is 0.324 e. The van der Waals surface area contributed by atoms with Crippen LogP contribution in [0.3, 0.4) is 0 Å². The molecular weight excluding hydrogens is 765 g/mol. The van der Waals surface area contributed by atoms with Gasteiger partial charge in [0, 0.05) is 58.8 Å². The molecule has 0 unspecified atom stereocenters. The lowest BCUT2D eigenvalue weighted by Crippen LogP contribution is -2.66. The summed E-state index contributed by atoms with van der Waals surface area (Å²) in [5, 5.41) is 8.38. The molecule has 4 rings (SSSR count). The number of ether oxygens (including phenoxy) is 4. The van der Waals surface area contributed by atoms with Crippen LogP contribution < -0.4 is 39.4 Å². The van der Waals surface area contributed by atoms with Gasteiger partial charge < -0.3 is 39.4 Å². The molecule has 14 nitrogen and oxygen atoms in total. The van der Waals surface area contributed by atoms with Gasteiger partial charge in [0.05, 0.1) is 26.4 Å². The number of hydrogen-bond acceptors (Lipinski definition) is 15. The zero-order valence-electron chi connectivity index (χ0n) is 38.9. The maximum Gasteiger partial charge on any atom is 0.324 e. The molecule has 15 heteroatoms. The molecule has 0 amide bonds. The fraction of sp³-hybridized carbons (Fsp3) is 0.864. The van der Waals surface area contributed by atoms with Crippen molar-refractivity contribution in [3.05, 3.63) is 0 Å². The maximum absolute atomic E-state index is 5.88. The lowest BCUT2D eigenvalue weighted by Gasteiger charge is -2.54. The lowest BCUT2D eigenvalue weighted by molar-refractivity contribution is 0.0925. The van der Waals surface area contributed by atoms with Crippen molar-refractivity contribution >= 4 is 23.7 Å². The van der Waals surface area contributed by atoms with E-state index in [0.717, 1.165) is 102 Å². The van der Waals surface area contributed by atoms with Crippen molar-refractivity contribution in [2.24, 2.45) is 0 Å². The Morgan fingerprint density at radius 2 is 0.695 bits per heavy atom. The van der Waals surface area contributed by atoms with Gasteiger partial charge in [-0.05, 0) is 105 Å². The number of nitrogens with one attached hydrogen (secondary N) is 2. The molecule has 0 aromatic carbocycles. The molecule has 0 bridgehead atoms. The minimum atomic E-state index is 0.0256. The van der Waals surface area contributed by atoms with Gasteiger partial charge in [0.1, 0.15) is 0 Å². The predicted molar refractivity (Wildman–Crippen MR) is 242 cm³/mol. The first-order valence-corrected chi connectivity index (χ1v) is 24.3. The Hall–Kier alpha value is -2.91. The van der Waals surface area contributed by atoms with Crippen LogP contribution in [-0.2, 0) is 0 Å². The SMILES string of the molecule is CCOc1nc(OCC)nc(N(CCSCCN(c2nc(OCC)nc(OCC)n2)C2CC(CC)(CC)NC(CC)(CC)C2)C2CC(CC)(CC)NC(CC)(CC)C2)n1. The predicted octanol–water partition coefficient (Wildman–Crippen LogP) is 8.44. The monoisotopic (exact) mass is 845 g/mol. The molecular formula is C44H80N10O4S. The molecule has 0 saturated carbocycles. The summed E-state index contributed by atoms with van der Waals surface area (Å²) in [7, 11) is 0. The van der Waals surface area contributed by atoms with E-state index in [0.29, 0.717) is 62.4 Å². The van der Waals surface area contributed by atoms with Crippen LogP contribution in [-0.4, -0.2) is 115 Å². The minimum absolute atomic E-state index is 0.0256. The van der Waals surface area contributed by atoms with Crippen molar-refractivity contribution < 1.29 is 18.9 Å². The number of thioether (sulfide) groups is 1. The van der Waals surface area contributed by atoms with Gasteiger partial charge in [0.2, 0.25) is 11.9 Å². The second-order valence-corrected chi connectivity index (χ2v) is 17.7. The highest BCUT2D eigenvalue weighted by Gasteiger charge is 2.48. The lowest BCUT2D eigenvalue weighted by atomic mass is 9.71. The summed E-state index contributed by atoms with van der Waals surface area (Å²) in [6.07, 6.45) is 12.5. The van der Waals surface area contributed by atoms with Gasteiger partial charge in [-0.25, -0.2) is 0 Å². The molecule has 2 aromatic heterocycles. The molecule has 336 valence electrons. The van der Waals surface area contributed by atoms with Gasteiger partial charge in [-0.3, -0.25) is 0 Å². The fourth-order valence-electron chi connectivity index (χ4n) is 9.59. The maximum atomic E-state index is 5.88. The number of aromatic nitrogens is 6. The molecule has 2 aliphatic rings. The Labute approximate surface area is 361 Å². The van der Waals surface area contributed by atoms with Crippen LogP contribution in [0.1, 0.15) is 160 Å². The molecule has 2 aromatic rings. The van der Waals surface area contributed by atoms with Crippen LogP contribution in [0.25, 0.3) is 0 Å². The van der Waals surface area contributed by atoms with Crippen molar-refractivity contribution in [3.63, 3.8) is 0 Å². The average molecular weight is 845 g/mol. The van der Waals surface area contributed by atoms with Crippen molar-refractivity contribution in [2.75, 3.05) is 60.8 Å². The molecule has 2 aliphatic heterocycles. The van der Waals surface area contributed by atoms with E-state index in [-0.39, 0.29) is 34.2 Å². The fourth-order valence-corrected chi connectivity index (χ4v) is 10.4. The van der Waals surface area contributed by atoms with Crippen molar-refractivity contribution in [1.29, 1.82) is 0 Å². The number of anilines is 2. The second kappa shape index (κ2) is 22.8. The molecule has 0 atom stereocenters. The van der Waals surface area contributed by atoms with Gasteiger partial charge in [-0.1, -0.05) is 55.4 Å². The number of piperidine rings is 2. The van der Waals surface area contributed by atoms with E-state index in [9.17, 15) is 0 Å². The Balaban J connectivity index is 1.69. The van der Waals surface area contributed by atoms with Crippen molar-refractivity contribution in [1.82, 2.24) is 40.5 Å². The minimum Gasteiger partial charge on any atom is -0.464 e. The number of hydrogen-bond donors (Lipinski definition) is 2. The van der Waals surface area contributed by atoms with E-state index in [1.807, 2.05) is 39.5 Å². The van der Waals surface area contributed by atoms with Gasteiger partial charge in [0.15, 0.2) is 0 Å². The Morgan fingerprint density at radius 3 is 0.915 bits per heavy atom. The van der Waals surface area contributed by atoms with E-state index in [1.165, 1.54) is 0 Å². The molecule has 59 heavy (non-hydrogen) atoms. The zero-order chi connectivity index (χ0) is 43.1. The highest BCUT2D eigenvalue weighted by Crippen LogP contribution is 2.42. The summed E-state index contributed by atoms with van der Waals surface area (Å²) in [6.45, 7) is 29.8. The number of rotatable bonds is 26. The molecule has 0 aliphatic carbocycles. The molecule has 0 radical (unpaired) electrons. The summed E-state index contributed by atoms with van der Waals surface area (Å²) < 4.78 is 23.5. The highest BCUT2D eigenvalue weighted by molar-refractivity contribution is 7.99. The van der Waals surface area contributed by atoms with Crippen LogP contribution in [0.2, 0.25) is 0 Å². The molecule has 2 saturated heterocycles. The summed E-state index contributed by atoms with van der Waals surface area (Å²) in [5.41, 5.74) is 0.103. The molecule has 2 N–H and O–H groups in total. The first kappa shape index (κ1) is 48.8. The number of nitrogens with zero attached hydrogens (tertiary/aromatic N) is 8. The molecule has 0 spiro atoms. The van der Waals surface area contributed by atoms with E-state index in [1.54, 1.807) is 0 Å². The Kier molecular flexibility index (Phi) is 18.8. The molecule has 2 fully saturated rings. The van der Waals surface area contributed by atoms with Crippen LogP contribution in [0.15, 0.2) is 0 Å². The van der Waals surface area contributed by atoms with Crippen LogP contribution >= 0.6 is 11.8 Å². The van der Waals surface area contributed by atoms with E-state index in [4.69, 9.17) is 38.9 Å². The van der Waals surface area contributed by atoms with Crippen LogP contribution in [0, 0.1) is 0 Å². The van der Waals surface area contributed by atoms with Crippen LogP contribution in [0.4, 0.5) is 11.9 Å². The molecule has 4 heterocycles. The third-order valence-electron chi connectivity index (χ3n) is 13.6. The summed E-state index contributed by atoms with van der Waals surface area (Å²) >= 11 is 1.95. The van der Waals surface area contributed by atoms with E-state index >= 15 is 0 Å². The quantitative estimate of drug-likeness (QED) is 0.0874. The Bertz CT molecular complexity index is 1340. The largest absolute Gasteiger partial charge is 0.464 e. The first-order valence-electron chi connectivity index (χ1n) is 23.2. The topological polar surface area (TPSA) is 145 Å². The summed E-state index contributed by atoms with van der Waals surface area (Å²) in [4.78, 5) is 33.6. The van der Waals surface area contributed by atoms with Gasteiger partial charge in [0.25, 0.3) is 0 Å². The standard InChI is InChI=1S/C44H80N10O4S/c1-13-41(14-2)29-33(30-42(15-3,16-4)51-41)53(35-45-37(55-21-9)49-38(46-35)56-22-10)25-27-59-28-26-54(36-47-39(57-23-11)50-40(48-36)58-24-12)34-31-43(17-5,18-6)52-44(19-7,20-8)32-34/h33-34,51-52H,13-32H2,1-12H3. The highest BCUT2D eigenvalue weighted by atomic mass is 32.2. The van der Waals surface area contributed by atoms with E-state index < -0.39 is 0 Å². The third kappa shape index (κ3) is 12.1. The third-order valence-corrected chi connectivity index (χ3v) is 14.5. The van der Waals surface area contributed by atoms with E-state index in [2.05, 4.69) is 85.8 Å². The summed E-state index contributed by atoms with van der Waals surface area (Å²) in [6, 6.07) is 1.67. The normalized spacial score (nSPS) is 18.6. The average Bonchev–Trinajstić information content (AvgIpc) is 3.25.